The third kappa shape index (κ3) is 5.50. The van der Waals surface area contributed by atoms with Crippen LogP contribution in [0.3, 0.4) is 0 Å². The van der Waals surface area contributed by atoms with Crippen molar-refractivity contribution < 1.29 is 9.18 Å². The normalized spacial score (nSPS) is 13.4. The van der Waals surface area contributed by atoms with Crippen LogP contribution in [0.15, 0.2) is 56.8 Å². The van der Waals surface area contributed by atoms with Crippen molar-refractivity contribution in [2.75, 3.05) is 29.4 Å². The summed E-state index contributed by atoms with van der Waals surface area (Å²) in [6.45, 7) is 2.92. The van der Waals surface area contributed by atoms with Gasteiger partial charge in [-0.2, -0.15) is 10.0 Å². The summed E-state index contributed by atoms with van der Waals surface area (Å²) in [5.41, 5.74) is 0.0377. The Balaban J connectivity index is 1.79. The van der Waals surface area contributed by atoms with Gasteiger partial charge in [-0.25, -0.2) is 9.18 Å². The number of fused-ring (bicyclic) bond motifs is 1. The standard InChI is InChI=1S/C31H32FN5O4S/c1-18-27-26(28(35(3)29(18)39)34-25-13-10-20(16-24(25)32)14-15-42(4,5)6)30(40)37(22-11-12-22)31(41)36(27)23-9-7-8-21(17-23)33-19(2)38/h7-10,13,16-17,22,34H,11-12H2,1-6H3,(H,33,38). The first-order valence-electron chi connectivity index (χ1n) is 13.3. The van der Waals surface area contributed by atoms with E-state index < -0.39 is 32.7 Å². The summed E-state index contributed by atoms with van der Waals surface area (Å²) in [4.78, 5) is 53.1. The number of nitrogens with zero attached hydrogens (tertiary/aromatic N) is 3. The van der Waals surface area contributed by atoms with E-state index in [4.69, 9.17) is 0 Å². The quantitative estimate of drug-likeness (QED) is 0.337. The van der Waals surface area contributed by atoms with Crippen LogP contribution in [-0.2, 0) is 11.8 Å². The van der Waals surface area contributed by atoms with Gasteiger partial charge in [0.2, 0.25) is 5.91 Å². The Kier molecular flexibility index (Phi) is 7.37. The summed E-state index contributed by atoms with van der Waals surface area (Å²) in [6, 6.07) is 10.8. The number of halogens is 1. The minimum Gasteiger partial charge on any atom is -0.338 e. The fourth-order valence-corrected chi connectivity index (χ4v) is 5.24. The molecule has 218 valence electrons. The second kappa shape index (κ2) is 10.7. The smallest absolute Gasteiger partial charge is 0.336 e. The molecule has 1 saturated carbocycles. The molecule has 0 spiro atoms. The second-order valence-corrected chi connectivity index (χ2v) is 15.1. The van der Waals surface area contributed by atoms with Gasteiger partial charge in [-0.05, 0) is 80.2 Å². The Hall–Kier alpha value is -4.56. The zero-order chi connectivity index (χ0) is 30.5. The molecule has 11 heteroatoms. The fourth-order valence-electron chi connectivity index (χ4n) is 4.81. The highest BCUT2D eigenvalue weighted by Crippen LogP contribution is 2.35. The number of aryl methyl sites for hydroxylation is 1. The van der Waals surface area contributed by atoms with Crippen LogP contribution in [0, 0.1) is 23.9 Å². The lowest BCUT2D eigenvalue weighted by Crippen LogP contribution is -2.41. The van der Waals surface area contributed by atoms with Crippen LogP contribution in [0.5, 0.6) is 0 Å². The Morgan fingerprint density at radius 3 is 2.38 bits per heavy atom. The Bertz CT molecular complexity index is 2020. The van der Waals surface area contributed by atoms with E-state index in [1.165, 1.54) is 39.8 Å². The number of amides is 1. The number of carbonyl (C=O) groups excluding carboxylic acids is 1. The van der Waals surface area contributed by atoms with Gasteiger partial charge in [-0.15, -0.1) is 0 Å². The average Bonchev–Trinajstić information content (AvgIpc) is 3.74. The van der Waals surface area contributed by atoms with Gasteiger partial charge in [-0.1, -0.05) is 12.0 Å². The molecule has 42 heavy (non-hydrogen) atoms. The van der Waals surface area contributed by atoms with Crippen molar-refractivity contribution in [2.45, 2.75) is 32.7 Å². The minimum absolute atomic E-state index is 0.0478. The number of rotatable bonds is 5. The number of aromatic nitrogens is 3. The molecule has 2 aromatic heterocycles. The van der Waals surface area contributed by atoms with E-state index in [1.54, 1.807) is 37.3 Å². The van der Waals surface area contributed by atoms with Crippen LogP contribution in [0.25, 0.3) is 16.6 Å². The molecule has 0 aliphatic heterocycles. The second-order valence-electron chi connectivity index (χ2n) is 11.2. The van der Waals surface area contributed by atoms with Gasteiger partial charge < -0.3 is 10.6 Å². The number of hydrogen-bond donors (Lipinski definition) is 2. The van der Waals surface area contributed by atoms with Crippen LogP contribution in [0.1, 0.15) is 36.9 Å². The number of hydrogen-bond acceptors (Lipinski definition) is 5. The lowest BCUT2D eigenvalue weighted by atomic mass is 10.1. The maximum Gasteiger partial charge on any atom is 0.336 e. The van der Waals surface area contributed by atoms with E-state index in [2.05, 4.69) is 21.8 Å². The highest BCUT2D eigenvalue weighted by molar-refractivity contribution is 8.35. The number of carbonyl (C=O) groups is 1. The third-order valence-electron chi connectivity index (χ3n) is 6.90. The Morgan fingerprint density at radius 2 is 1.76 bits per heavy atom. The zero-order valence-corrected chi connectivity index (χ0v) is 25.1. The van der Waals surface area contributed by atoms with E-state index in [0.717, 1.165) is 0 Å². The molecule has 0 bridgehead atoms. The van der Waals surface area contributed by atoms with Gasteiger partial charge in [-0.3, -0.25) is 28.1 Å². The number of anilines is 3. The summed E-state index contributed by atoms with van der Waals surface area (Å²) >= 11 is 0. The summed E-state index contributed by atoms with van der Waals surface area (Å²) < 4.78 is 19.1. The maximum absolute atomic E-state index is 15.4. The molecule has 0 radical (unpaired) electrons. The van der Waals surface area contributed by atoms with Gasteiger partial charge in [0.1, 0.15) is 17.0 Å². The van der Waals surface area contributed by atoms with Crippen LogP contribution < -0.4 is 27.4 Å². The van der Waals surface area contributed by atoms with E-state index >= 15 is 4.39 Å². The molecule has 2 N–H and O–H groups in total. The Labute approximate surface area is 243 Å². The predicted molar refractivity (Wildman–Crippen MR) is 168 cm³/mol. The van der Waals surface area contributed by atoms with Crippen molar-refractivity contribution in [3.63, 3.8) is 0 Å². The maximum atomic E-state index is 15.4. The van der Waals surface area contributed by atoms with Gasteiger partial charge in [0, 0.05) is 36.8 Å². The van der Waals surface area contributed by atoms with Crippen molar-refractivity contribution in [3.05, 3.63) is 90.6 Å². The van der Waals surface area contributed by atoms with Crippen LogP contribution in [0.2, 0.25) is 0 Å². The summed E-state index contributed by atoms with van der Waals surface area (Å²) in [7, 11) is 0.389. The molecule has 1 aliphatic rings. The van der Waals surface area contributed by atoms with Crippen molar-refractivity contribution >= 4 is 44.0 Å². The summed E-state index contributed by atoms with van der Waals surface area (Å²) in [6.07, 6.45) is 7.44. The van der Waals surface area contributed by atoms with Gasteiger partial charge in [0.05, 0.1) is 16.9 Å². The Morgan fingerprint density at radius 1 is 1.05 bits per heavy atom. The molecule has 4 aromatic rings. The number of pyridine rings is 1. The van der Waals surface area contributed by atoms with E-state index in [9.17, 15) is 19.2 Å². The predicted octanol–water partition coefficient (Wildman–Crippen LogP) is 4.34. The molecule has 1 fully saturated rings. The largest absolute Gasteiger partial charge is 0.338 e. The van der Waals surface area contributed by atoms with E-state index in [1.807, 2.05) is 18.8 Å². The highest BCUT2D eigenvalue weighted by Gasteiger charge is 2.31. The molecule has 9 nitrogen and oxygen atoms in total. The first-order chi connectivity index (χ1) is 19.8. The first kappa shape index (κ1) is 29.0. The molecule has 2 heterocycles. The van der Waals surface area contributed by atoms with Crippen molar-refractivity contribution in [3.8, 4) is 16.9 Å². The van der Waals surface area contributed by atoms with Gasteiger partial charge in [0.25, 0.3) is 11.1 Å². The zero-order valence-electron chi connectivity index (χ0n) is 24.3. The molecule has 0 atom stereocenters. The van der Waals surface area contributed by atoms with Crippen LogP contribution in [-0.4, -0.2) is 38.4 Å². The molecule has 1 amide bonds. The average molecular weight is 590 g/mol. The molecule has 5 rings (SSSR count). The summed E-state index contributed by atoms with van der Waals surface area (Å²) in [5, 5.41) is 8.90. The molecular formula is C31H32FN5O4S. The van der Waals surface area contributed by atoms with Gasteiger partial charge >= 0.3 is 5.69 Å². The third-order valence-corrected chi connectivity index (χ3v) is 7.62. The summed E-state index contributed by atoms with van der Waals surface area (Å²) in [5.74, 6) is 2.17. The minimum atomic E-state index is -1.11. The van der Waals surface area contributed by atoms with Crippen LogP contribution >= 0.6 is 10.0 Å². The van der Waals surface area contributed by atoms with Crippen molar-refractivity contribution in [2.24, 2.45) is 7.05 Å². The van der Waals surface area contributed by atoms with Crippen molar-refractivity contribution in [1.29, 1.82) is 0 Å². The molecule has 0 saturated heterocycles. The lowest BCUT2D eigenvalue weighted by molar-refractivity contribution is -0.114. The molecule has 1 aliphatic carbocycles. The number of benzene rings is 2. The molecular weight excluding hydrogens is 557 g/mol. The van der Waals surface area contributed by atoms with E-state index in [-0.39, 0.29) is 39.9 Å². The molecule has 2 aromatic carbocycles. The fraction of sp³-hybridized carbons (Fsp3) is 0.290. The lowest BCUT2D eigenvalue weighted by Gasteiger charge is -2.21. The monoisotopic (exact) mass is 589 g/mol. The number of nitrogens with one attached hydrogen (secondary N) is 2. The molecule has 0 unspecified atom stereocenters. The highest BCUT2D eigenvalue weighted by atomic mass is 32.3. The van der Waals surface area contributed by atoms with Crippen LogP contribution in [0.4, 0.5) is 21.6 Å². The topological polar surface area (TPSA) is 107 Å². The van der Waals surface area contributed by atoms with Crippen molar-refractivity contribution in [1.82, 2.24) is 13.7 Å². The van der Waals surface area contributed by atoms with E-state index in [0.29, 0.717) is 29.8 Å². The first-order valence-corrected chi connectivity index (χ1v) is 16.2. The van der Waals surface area contributed by atoms with Gasteiger partial charge in [0.15, 0.2) is 0 Å². The SMILES string of the molecule is CC(=O)Nc1cccc(-n2c(=O)n(C3CC3)c(=O)c3c(Nc4ccc(C#CS(C)(C)C)cc4F)n(C)c(=O)c(C)c32)c1.